The Morgan fingerprint density at radius 2 is 2.22 bits per heavy atom. The van der Waals surface area contributed by atoms with E-state index in [1.165, 1.54) is 18.0 Å². The highest BCUT2D eigenvalue weighted by Crippen LogP contribution is 2.21. The highest BCUT2D eigenvalue weighted by Gasteiger charge is 2.09. The van der Waals surface area contributed by atoms with Crippen molar-refractivity contribution in [2.24, 2.45) is 5.73 Å². The van der Waals surface area contributed by atoms with Gasteiger partial charge in [-0.25, -0.2) is 13.4 Å². The van der Waals surface area contributed by atoms with E-state index in [1.54, 1.807) is 6.20 Å². The van der Waals surface area contributed by atoms with Gasteiger partial charge in [-0.2, -0.15) is 0 Å². The van der Waals surface area contributed by atoms with Gasteiger partial charge >= 0.3 is 0 Å². The molecule has 1 aromatic heterocycles. The van der Waals surface area contributed by atoms with Gasteiger partial charge in [0.15, 0.2) is 0 Å². The van der Waals surface area contributed by atoms with E-state index in [4.69, 9.17) is 5.73 Å². The van der Waals surface area contributed by atoms with Crippen LogP contribution in [-0.4, -0.2) is 37.2 Å². The normalized spacial score (nSPS) is 13.5. The molecule has 2 N–H and O–H groups in total. The first kappa shape index (κ1) is 15.5. The third kappa shape index (κ3) is 5.84. The van der Waals surface area contributed by atoms with Crippen LogP contribution in [0.1, 0.15) is 18.9 Å². The van der Waals surface area contributed by atoms with Gasteiger partial charge in [-0.15, -0.1) is 11.8 Å². The topological polar surface area (TPSA) is 73.0 Å². The van der Waals surface area contributed by atoms with Crippen molar-refractivity contribution in [1.82, 2.24) is 4.98 Å². The van der Waals surface area contributed by atoms with Crippen LogP contribution in [0.4, 0.5) is 0 Å². The molecular formula is C12H20N2O2S2. The van der Waals surface area contributed by atoms with Gasteiger partial charge in [0.05, 0.1) is 10.8 Å². The molecule has 4 nitrogen and oxygen atoms in total. The predicted octanol–water partition coefficient (Wildman–Crippen LogP) is 1.50. The highest BCUT2D eigenvalue weighted by molar-refractivity contribution is 8.00. The number of sulfone groups is 1. The number of rotatable bonds is 7. The van der Waals surface area contributed by atoms with E-state index in [0.29, 0.717) is 5.75 Å². The first-order valence-electron chi connectivity index (χ1n) is 5.92. The Hall–Kier alpha value is -0.590. The summed E-state index contributed by atoms with van der Waals surface area (Å²) in [4.78, 5) is 4.30. The summed E-state index contributed by atoms with van der Waals surface area (Å²) in [5, 5.41) is 0.894. The molecule has 102 valence electrons. The lowest BCUT2D eigenvalue weighted by molar-refractivity contribution is 0.603. The second-order valence-corrected chi connectivity index (χ2v) is 7.66. The summed E-state index contributed by atoms with van der Waals surface area (Å²) in [5.41, 5.74) is 7.04. The van der Waals surface area contributed by atoms with Crippen molar-refractivity contribution in [1.29, 1.82) is 0 Å². The Morgan fingerprint density at radius 1 is 1.50 bits per heavy atom. The van der Waals surface area contributed by atoms with Gasteiger partial charge in [0.25, 0.3) is 0 Å². The molecule has 6 heteroatoms. The maximum Gasteiger partial charge on any atom is 0.148 e. The summed E-state index contributed by atoms with van der Waals surface area (Å²) in [5.74, 6) is 0.706. The Balaban J connectivity index is 2.64. The summed E-state index contributed by atoms with van der Waals surface area (Å²) >= 11 is 1.48. The van der Waals surface area contributed by atoms with Crippen LogP contribution in [0.2, 0.25) is 0 Å². The van der Waals surface area contributed by atoms with E-state index in [2.05, 4.69) is 11.9 Å². The number of nitrogens with zero attached hydrogens (tertiary/aromatic N) is 1. The van der Waals surface area contributed by atoms with Gasteiger partial charge in [-0.05, 0) is 24.5 Å². The molecule has 0 aliphatic rings. The first-order chi connectivity index (χ1) is 8.42. The Labute approximate surface area is 113 Å². The summed E-state index contributed by atoms with van der Waals surface area (Å²) in [6.45, 7) is 2.05. The zero-order valence-electron chi connectivity index (χ0n) is 10.8. The minimum absolute atomic E-state index is 0.128. The molecular weight excluding hydrogens is 268 g/mol. The molecule has 0 spiro atoms. The monoisotopic (exact) mass is 288 g/mol. The number of hydrogen-bond donors (Lipinski definition) is 1. The van der Waals surface area contributed by atoms with Crippen molar-refractivity contribution < 1.29 is 8.42 Å². The van der Waals surface area contributed by atoms with E-state index in [0.717, 1.165) is 23.4 Å². The zero-order chi connectivity index (χ0) is 13.6. The van der Waals surface area contributed by atoms with E-state index in [1.807, 2.05) is 12.1 Å². The number of hydrogen-bond acceptors (Lipinski definition) is 5. The largest absolute Gasteiger partial charge is 0.327 e. The van der Waals surface area contributed by atoms with Crippen LogP contribution in [0.5, 0.6) is 0 Å². The molecule has 1 rings (SSSR count). The van der Waals surface area contributed by atoms with Crippen molar-refractivity contribution in [2.45, 2.75) is 30.8 Å². The van der Waals surface area contributed by atoms with Crippen LogP contribution < -0.4 is 5.73 Å². The van der Waals surface area contributed by atoms with Crippen molar-refractivity contribution in [3.63, 3.8) is 0 Å². The molecule has 0 saturated carbocycles. The van der Waals surface area contributed by atoms with Gasteiger partial charge in [0, 0.05) is 24.2 Å². The van der Waals surface area contributed by atoms with Crippen molar-refractivity contribution >= 4 is 21.6 Å². The lowest BCUT2D eigenvalue weighted by Gasteiger charge is -2.11. The van der Waals surface area contributed by atoms with Crippen LogP contribution in [0.15, 0.2) is 23.4 Å². The minimum Gasteiger partial charge on any atom is -0.327 e. The zero-order valence-corrected chi connectivity index (χ0v) is 12.4. The second kappa shape index (κ2) is 7.11. The average Bonchev–Trinajstić information content (AvgIpc) is 2.29. The maximum absolute atomic E-state index is 11.1. The lowest BCUT2D eigenvalue weighted by Crippen LogP contribution is -2.21. The highest BCUT2D eigenvalue weighted by atomic mass is 32.2. The molecule has 0 aliphatic heterocycles. The van der Waals surface area contributed by atoms with E-state index < -0.39 is 9.84 Å². The summed E-state index contributed by atoms with van der Waals surface area (Å²) in [7, 11) is -2.91. The molecule has 0 bridgehead atoms. The molecule has 0 saturated heterocycles. The van der Waals surface area contributed by atoms with Gasteiger partial charge < -0.3 is 5.73 Å². The fourth-order valence-electron chi connectivity index (χ4n) is 1.43. The third-order valence-corrected chi connectivity index (χ3v) is 4.80. The van der Waals surface area contributed by atoms with Crippen LogP contribution in [-0.2, 0) is 16.3 Å². The van der Waals surface area contributed by atoms with Gasteiger partial charge in [-0.1, -0.05) is 13.0 Å². The fraction of sp³-hybridized carbons (Fsp3) is 0.583. The molecule has 0 aliphatic carbocycles. The molecule has 1 aromatic rings. The van der Waals surface area contributed by atoms with Crippen LogP contribution >= 0.6 is 11.8 Å². The van der Waals surface area contributed by atoms with Gasteiger partial charge in [-0.3, -0.25) is 0 Å². The number of aromatic nitrogens is 1. The molecule has 18 heavy (non-hydrogen) atoms. The van der Waals surface area contributed by atoms with Crippen molar-refractivity contribution in [2.75, 3.05) is 17.8 Å². The molecule has 0 amide bonds. The summed E-state index contributed by atoms with van der Waals surface area (Å²) in [6.07, 6.45) is 4.68. The maximum atomic E-state index is 11.1. The summed E-state index contributed by atoms with van der Waals surface area (Å²) < 4.78 is 22.2. The van der Waals surface area contributed by atoms with Crippen LogP contribution in [0.3, 0.4) is 0 Å². The predicted molar refractivity (Wildman–Crippen MR) is 76.6 cm³/mol. The van der Waals surface area contributed by atoms with Gasteiger partial charge in [0.1, 0.15) is 9.84 Å². The van der Waals surface area contributed by atoms with E-state index in [-0.39, 0.29) is 11.8 Å². The fourth-order valence-corrected chi connectivity index (χ4v) is 3.64. The second-order valence-electron chi connectivity index (χ2n) is 4.32. The molecule has 1 atom stereocenters. The summed E-state index contributed by atoms with van der Waals surface area (Å²) in [6, 6.07) is 4.02. The Bertz CT molecular complexity index is 475. The molecule has 1 unspecified atom stereocenters. The molecule has 0 radical (unpaired) electrons. The minimum atomic E-state index is -2.91. The Morgan fingerprint density at radius 3 is 2.83 bits per heavy atom. The first-order valence-corrected chi connectivity index (χ1v) is 8.97. The quantitative estimate of drug-likeness (QED) is 0.770. The number of nitrogens with two attached hydrogens (primary N) is 1. The molecule has 0 fully saturated rings. The van der Waals surface area contributed by atoms with E-state index >= 15 is 0 Å². The van der Waals surface area contributed by atoms with E-state index in [9.17, 15) is 8.42 Å². The number of thioether (sulfide) groups is 1. The average molecular weight is 288 g/mol. The number of pyridine rings is 1. The lowest BCUT2D eigenvalue weighted by atomic mass is 10.1. The van der Waals surface area contributed by atoms with Crippen molar-refractivity contribution in [3.05, 3.63) is 23.9 Å². The third-order valence-electron chi connectivity index (χ3n) is 2.55. The SMILES string of the molecule is CCC(N)Cc1cccnc1SCCS(C)(=O)=O. The standard InChI is InChI=1S/C12H20N2O2S2/c1-3-11(13)9-10-5-4-6-14-12(10)17-7-8-18(2,15)16/h4-6,11H,3,7-9,13H2,1-2H3. The smallest absolute Gasteiger partial charge is 0.148 e. The van der Waals surface area contributed by atoms with Crippen molar-refractivity contribution in [3.8, 4) is 0 Å². The molecule has 0 aromatic carbocycles. The van der Waals surface area contributed by atoms with Gasteiger partial charge in [0.2, 0.25) is 0 Å². The Kier molecular flexibility index (Phi) is 6.11. The van der Waals surface area contributed by atoms with Crippen LogP contribution in [0.25, 0.3) is 0 Å². The van der Waals surface area contributed by atoms with Crippen LogP contribution in [0, 0.1) is 0 Å². The molecule has 1 heterocycles.